The maximum Gasteiger partial charge on any atom is 0.340 e. The molecule has 0 aromatic carbocycles. The summed E-state index contributed by atoms with van der Waals surface area (Å²) in [5.74, 6) is 0.452. The van der Waals surface area contributed by atoms with Gasteiger partial charge in [-0.2, -0.15) is 5.10 Å². The summed E-state index contributed by atoms with van der Waals surface area (Å²) in [5, 5.41) is 8.82. The predicted octanol–water partition coefficient (Wildman–Crippen LogP) is -0.411. The van der Waals surface area contributed by atoms with Crippen molar-refractivity contribution in [1.29, 1.82) is 0 Å². The lowest BCUT2D eigenvalue weighted by Crippen LogP contribution is -2.45. The minimum absolute atomic E-state index is 0.00301. The average Bonchev–Trinajstić information content (AvgIpc) is 2.99. The Morgan fingerprint density at radius 3 is 2.78 bits per heavy atom. The number of H-pyrrole nitrogens is 2. The lowest BCUT2D eigenvalue weighted by molar-refractivity contribution is -0.126. The molecule has 1 aromatic rings. The van der Waals surface area contributed by atoms with Crippen molar-refractivity contribution in [2.75, 3.05) is 13.1 Å². The van der Waals surface area contributed by atoms with Crippen LogP contribution in [0.5, 0.6) is 0 Å². The van der Waals surface area contributed by atoms with Crippen LogP contribution in [-0.4, -0.2) is 45.1 Å². The Bertz CT molecular complexity index is 446. The molecule has 0 aliphatic carbocycles. The Hall–Kier alpha value is -1.63. The fourth-order valence-corrected chi connectivity index (χ4v) is 2.34. The highest BCUT2D eigenvalue weighted by atomic mass is 16.2. The van der Waals surface area contributed by atoms with Crippen LogP contribution in [0.25, 0.3) is 0 Å². The van der Waals surface area contributed by atoms with Gasteiger partial charge < -0.3 is 5.32 Å². The van der Waals surface area contributed by atoms with E-state index in [1.54, 1.807) is 0 Å². The molecule has 1 fully saturated rings. The number of carbonyl (C=O) groups excluding carboxylic acids is 1. The molecule has 100 valence electrons. The molecule has 3 N–H and O–H groups in total. The summed E-state index contributed by atoms with van der Waals surface area (Å²) in [6.45, 7) is 4.25. The quantitative estimate of drug-likeness (QED) is 0.665. The van der Waals surface area contributed by atoms with E-state index in [0.717, 1.165) is 32.4 Å². The van der Waals surface area contributed by atoms with Crippen LogP contribution in [0.4, 0.5) is 0 Å². The number of aromatic nitrogens is 3. The second-order valence-corrected chi connectivity index (χ2v) is 4.51. The van der Waals surface area contributed by atoms with Crippen molar-refractivity contribution in [2.45, 2.75) is 38.8 Å². The molecule has 1 aliphatic rings. The zero-order chi connectivity index (χ0) is 13.0. The third-order valence-corrected chi connectivity index (χ3v) is 3.25. The molecule has 1 aliphatic heterocycles. The van der Waals surface area contributed by atoms with Crippen LogP contribution >= 0.6 is 0 Å². The summed E-state index contributed by atoms with van der Waals surface area (Å²) in [4.78, 5) is 27.6. The first-order chi connectivity index (χ1) is 8.70. The number of hydrogen-bond donors (Lipinski definition) is 3. The van der Waals surface area contributed by atoms with Crippen LogP contribution in [-0.2, 0) is 11.3 Å². The van der Waals surface area contributed by atoms with E-state index in [1.807, 2.05) is 6.92 Å². The van der Waals surface area contributed by atoms with E-state index in [2.05, 4.69) is 25.4 Å². The zero-order valence-electron chi connectivity index (χ0n) is 10.5. The van der Waals surface area contributed by atoms with Gasteiger partial charge in [0.1, 0.15) is 5.82 Å². The minimum Gasteiger partial charge on any atom is -0.347 e. The van der Waals surface area contributed by atoms with Crippen molar-refractivity contribution in [3.05, 3.63) is 16.3 Å². The van der Waals surface area contributed by atoms with Crippen LogP contribution in [0.2, 0.25) is 0 Å². The molecular formula is C11H19N5O2. The first kappa shape index (κ1) is 12.8. The molecule has 1 aromatic heterocycles. The molecule has 0 bridgehead atoms. The maximum absolute atomic E-state index is 12.1. The van der Waals surface area contributed by atoms with E-state index in [0.29, 0.717) is 5.82 Å². The standard InChI is InChI=1S/C11H19N5O2/c1-2-8(16-5-3-4-6-16)10(17)12-7-9-13-11(18)15-14-9/h8H,2-7H2,1H3,(H,12,17)(H2,13,14,15,18)/t8-/m0/s1. The van der Waals surface area contributed by atoms with Gasteiger partial charge in [-0.3, -0.25) is 14.7 Å². The Balaban J connectivity index is 1.87. The third-order valence-electron chi connectivity index (χ3n) is 3.25. The predicted molar refractivity (Wildman–Crippen MR) is 65.9 cm³/mol. The average molecular weight is 253 g/mol. The van der Waals surface area contributed by atoms with Crippen molar-refractivity contribution in [1.82, 2.24) is 25.4 Å². The van der Waals surface area contributed by atoms with Crippen LogP contribution < -0.4 is 11.0 Å². The summed E-state index contributed by atoms with van der Waals surface area (Å²) in [6, 6.07) is -0.0711. The summed E-state index contributed by atoms with van der Waals surface area (Å²) in [5.41, 5.74) is -0.356. The van der Waals surface area contributed by atoms with Gasteiger partial charge in [-0.15, -0.1) is 0 Å². The number of hydrogen-bond acceptors (Lipinski definition) is 4. The topological polar surface area (TPSA) is 93.9 Å². The molecule has 1 saturated heterocycles. The minimum atomic E-state index is -0.356. The number of rotatable bonds is 5. The summed E-state index contributed by atoms with van der Waals surface area (Å²) in [7, 11) is 0. The fourth-order valence-electron chi connectivity index (χ4n) is 2.34. The van der Waals surface area contributed by atoms with Gasteiger partial charge in [0.25, 0.3) is 0 Å². The van der Waals surface area contributed by atoms with Gasteiger partial charge in [-0.05, 0) is 32.4 Å². The number of likely N-dealkylation sites (tertiary alicyclic amines) is 1. The molecule has 0 spiro atoms. The van der Waals surface area contributed by atoms with Crippen molar-refractivity contribution < 1.29 is 4.79 Å². The molecule has 0 radical (unpaired) electrons. The molecule has 0 unspecified atom stereocenters. The summed E-state index contributed by atoms with van der Waals surface area (Å²) < 4.78 is 0. The molecule has 18 heavy (non-hydrogen) atoms. The molecule has 2 rings (SSSR count). The van der Waals surface area contributed by atoms with Gasteiger partial charge >= 0.3 is 5.69 Å². The number of nitrogens with one attached hydrogen (secondary N) is 3. The molecule has 0 saturated carbocycles. The first-order valence-corrected chi connectivity index (χ1v) is 6.36. The molecule has 1 atom stereocenters. The van der Waals surface area contributed by atoms with Gasteiger partial charge in [-0.1, -0.05) is 6.92 Å². The SMILES string of the molecule is CC[C@@H](C(=O)NCc1n[nH]c(=O)[nH]1)N1CCCC1. The number of carbonyl (C=O) groups is 1. The number of amides is 1. The lowest BCUT2D eigenvalue weighted by atomic mass is 10.2. The fraction of sp³-hybridized carbons (Fsp3) is 0.727. The second-order valence-electron chi connectivity index (χ2n) is 4.51. The van der Waals surface area contributed by atoms with Gasteiger partial charge in [0, 0.05) is 0 Å². The van der Waals surface area contributed by atoms with Gasteiger partial charge in [0.05, 0.1) is 12.6 Å². The number of aromatic amines is 2. The Kier molecular flexibility index (Phi) is 4.14. The van der Waals surface area contributed by atoms with E-state index in [-0.39, 0.29) is 24.2 Å². The number of nitrogens with zero attached hydrogens (tertiary/aromatic N) is 2. The highest BCUT2D eigenvalue weighted by Gasteiger charge is 2.26. The van der Waals surface area contributed by atoms with E-state index in [9.17, 15) is 9.59 Å². The van der Waals surface area contributed by atoms with Crippen LogP contribution in [0.15, 0.2) is 4.79 Å². The van der Waals surface area contributed by atoms with E-state index in [4.69, 9.17) is 0 Å². The van der Waals surface area contributed by atoms with Crippen molar-refractivity contribution in [3.63, 3.8) is 0 Å². The molecule has 2 heterocycles. The molecule has 7 heteroatoms. The van der Waals surface area contributed by atoms with Crippen LogP contribution in [0, 0.1) is 0 Å². The van der Waals surface area contributed by atoms with Crippen LogP contribution in [0.1, 0.15) is 32.0 Å². The second kappa shape index (κ2) is 5.81. The lowest BCUT2D eigenvalue weighted by Gasteiger charge is -2.25. The largest absolute Gasteiger partial charge is 0.347 e. The van der Waals surface area contributed by atoms with Gasteiger partial charge in [0.15, 0.2) is 0 Å². The summed E-state index contributed by atoms with van der Waals surface area (Å²) in [6.07, 6.45) is 3.12. The highest BCUT2D eigenvalue weighted by Crippen LogP contribution is 2.14. The van der Waals surface area contributed by atoms with Gasteiger partial charge in [0.2, 0.25) is 5.91 Å². The van der Waals surface area contributed by atoms with Crippen LogP contribution in [0.3, 0.4) is 0 Å². The first-order valence-electron chi connectivity index (χ1n) is 6.36. The normalized spacial score (nSPS) is 17.8. The van der Waals surface area contributed by atoms with E-state index in [1.165, 1.54) is 0 Å². The monoisotopic (exact) mass is 253 g/mol. The Morgan fingerprint density at radius 2 is 2.22 bits per heavy atom. The van der Waals surface area contributed by atoms with Crippen molar-refractivity contribution >= 4 is 5.91 Å². The van der Waals surface area contributed by atoms with Gasteiger partial charge in [-0.25, -0.2) is 9.89 Å². The summed E-state index contributed by atoms with van der Waals surface area (Å²) >= 11 is 0. The molecular weight excluding hydrogens is 234 g/mol. The third kappa shape index (κ3) is 2.98. The van der Waals surface area contributed by atoms with E-state index < -0.39 is 0 Å². The Morgan fingerprint density at radius 1 is 1.50 bits per heavy atom. The molecule has 1 amide bonds. The zero-order valence-corrected chi connectivity index (χ0v) is 10.5. The maximum atomic E-state index is 12.1. The van der Waals surface area contributed by atoms with Crippen molar-refractivity contribution in [3.8, 4) is 0 Å². The molecule has 7 nitrogen and oxygen atoms in total. The Labute approximate surface area is 105 Å². The van der Waals surface area contributed by atoms with E-state index >= 15 is 0 Å². The van der Waals surface area contributed by atoms with Crippen molar-refractivity contribution in [2.24, 2.45) is 0 Å². The highest BCUT2D eigenvalue weighted by molar-refractivity contribution is 5.81. The smallest absolute Gasteiger partial charge is 0.340 e.